The summed E-state index contributed by atoms with van der Waals surface area (Å²) in [6.07, 6.45) is 7.69. The van der Waals surface area contributed by atoms with Gasteiger partial charge in [0.15, 0.2) is 0 Å². The fourth-order valence-electron chi connectivity index (χ4n) is 3.69. The van der Waals surface area contributed by atoms with Crippen molar-refractivity contribution >= 4 is 23.0 Å². The van der Waals surface area contributed by atoms with Crippen molar-refractivity contribution in [3.8, 4) is 10.7 Å². The van der Waals surface area contributed by atoms with E-state index in [4.69, 9.17) is 0 Å². The van der Waals surface area contributed by atoms with E-state index in [0.29, 0.717) is 12.1 Å². The summed E-state index contributed by atoms with van der Waals surface area (Å²) in [5, 5.41) is 6.18. The van der Waals surface area contributed by atoms with Gasteiger partial charge >= 0.3 is 0 Å². The number of thiazole rings is 1. The number of anilines is 2. The van der Waals surface area contributed by atoms with Gasteiger partial charge in [-0.1, -0.05) is 18.6 Å². The van der Waals surface area contributed by atoms with Crippen molar-refractivity contribution in [2.24, 2.45) is 0 Å². The SMILES string of the molecule is CC1CCCC(C)N1Cc1ccc(Nc2cccc(-c3nccs3)n2)nc1. The van der Waals surface area contributed by atoms with Crippen molar-refractivity contribution in [1.29, 1.82) is 0 Å². The van der Waals surface area contributed by atoms with Crippen molar-refractivity contribution in [1.82, 2.24) is 19.9 Å². The number of piperidine rings is 1. The van der Waals surface area contributed by atoms with Crippen molar-refractivity contribution in [3.05, 3.63) is 53.7 Å². The van der Waals surface area contributed by atoms with Gasteiger partial charge in [0.25, 0.3) is 0 Å². The van der Waals surface area contributed by atoms with Gasteiger partial charge in [0, 0.05) is 36.4 Å². The van der Waals surface area contributed by atoms with Crippen molar-refractivity contribution in [3.63, 3.8) is 0 Å². The average molecular weight is 380 g/mol. The van der Waals surface area contributed by atoms with Gasteiger partial charge in [-0.15, -0.1) is 11.3 Å². The minimum absolute atomic E-state index is 0.643. The fourth-order valence-corrected chi connectivity index (χ4v) is 4.30. The molecule has 4 heterocycles. The molecule has 0 saturated carbocycles. The number of hydrogen-bond donors (Lipinski definition) is 1. The van der Waals surface area contributed by atoms with E-state index < -0.39 is 0 Å². The quantitative estimate of drug-likeness (QED) is 0.668. The van der Waals surface area contributed by atoms with Crippen molar-refractivity contribution < 1.29 is 0 Å². The van der Waals surface area contributed by atoms with Crippen LogP contribution >= 0.6 is 11.3 Å². The third-order valence-corrected chi connectivity index (χ3v) is 6.02. The molecule has 0 aliphatic carbocycles. The van der Waals surface area contributed by atoms with Gasteiger partial charge in [0.2, 0.25) is 0 Å². The lowest BCUT2D eigenvalue weighted by molar-refractivity contribution is 0.0952. The highest BCUT2D eigenvalue weighted by atomic mass is 32.1. The molecule has 1 saturated heterocycles. The molecule has 5 nitrogen and oxygen atoms in total. The topological polar surface area (TPSA) is 53.9 Å². The van der Waals surface area contributed by atoms with Crippen LogP contribution in [0.2, 0.25) is 0 Å². The molecule has 1 fully saturated rings. The van der Waals surface area contributed by atoms with Gasteiger partial charge in [-0.3, -0.25) is 4.90 Å². The Hall–Kier alpha value is -2.31. The third-order valence-electron chi connectivity index (χ3n) is 5.22. The van der Waals surface area contributed by atoms with E-state index >= 15 is 0 Å². The van der Waals surface area contributed by atoms with E-state index in [1.807, 2.05) is 35.8 Å². The molecule has 6 heteroatoms. The number of pyridine rings is 2. The van der Waals surface area contributed by atoms with Gasteiger partial charge in [-0.25, -0.2) is 15.0 Å². The summed E-state index contributed by atoms with van der Waals surface area (Å²) < 4.78 is 0. The summed E-state index contributed by atoms with van der Waals surface area (Å²) in [6, 6.07) is 11.4. The molecule has 1 aliphatic rings. The van der Waals surface area contributed by atoms with Crippen LogP contribution in [0.5, 0.6) is 0 Å². The molecule has 1 aliphatic heterocycles. The molecule has 2 unspecified atom stereocenters. The third kappa shape index (κ3) is 4.34. The smallest absolute Gasteiger partial charge is 0.141 e. The second-order valence-corrected chi connectivity index (χ2v) is 8.12. The average Bonchev–Trinajstić information content (AvgIpc) is 3.21. The lowest BCUT2D eigenvalue weighted by atomic mass is 9.97. The first-order chi connectivity index (χ1) is 13.2. The lowest BCUT2D eigenvalue weighted by Crippen LogP contribution is -2.42. The van der Waals surface area contributed by atoms with Gasteiger partial charge in [-0.05, 0) is 50.5 Å². The summed E-state index contributed by atoms with van der Waals surface area (Å²) >= 11 is 1.59. The van der Waals surface area contributed by atoms with E-state index in [1.54, 1.807) is 17.5 Å². The van der Waals surface area contributed by atoms with E-state index in [-0.39, 0.29) is 0 Å². The highest BCUT2D eigenvalue weighted by Gasteiger charge is 2.24. The predicted molar refractivity (Wildman–Crippen MR) is 111 cm³/mol. The van der Waals surface area contributed by atoms with Crippen LogP contribution in [0.4, 0.5) is 11.6 Å². The number of nitrogens with one attached hydrogen (secondary N) is 1. The number of rotatable bonds is 5. The zero-order chi connectivity index (χ0) is 18.6. The minimum atomic E-state index is 0.643. The molecule has 27 heavy (non-hydrogen) atoms. The largest absolute Gasteiger partial charge is 0.325 e. The normalized spacial score (nSPS) is 20.5. The van der Waals surface area contributed by atoms with E-state index in [1.165, 1.54) is 24.8 Å². The van der Waals surface area contributed by atoms with Crippen molar-refractivity contribution in [2.75, 3.05) is 5.32 Å². The van der Waals surface area contributed by atoms with Crippen LogP contribution < -0.4 is 5.32 Å². The zero-order valence-electron chi connectivity index (χ0n) is 15.8. The van der Waals surface area contributed by atoms with Crippen LogP contribution in [0.15, 0.2) is 48.1 Å². The van der Waals surface area contributed by atoms with Gasteiger partial charge in [0.1, 0.15) is 22.3 Å². The predicted octanol–water partition coefficient (Wildman–Crippen LogP) is 5.11. The summed E-state index contributed by atoms with van der Waals surface area (Å²) in [7, 11) is 0. The Labute approximate surface area is 164 Å². The summed E-state index contributed by atoms with van der Waals surface area (Å²) in [5.41, 5.74) is 2.13. The fraction of sp³-hybridized carbons (Fsp3) is 0.381. The molecule has 1 N–H and O–H groups in total. The van der Waals surface area contributed by atoms with Crippen LogP contribution in [0, 0.1) is 0 Å². The second-order valence-electron chi connectivity index (χ2n) is 7.22. The maximum absolute atomic E-state index is 4.63. The molecular formula is C21H25N5S. The first-order valence-electron chi connectivity index (χ1n) is 9.53. The Bertz CT molecular complexity index is 853. The summed E-state index contributed by atoms with van der Waals surface area (Å²) in [6.45, 7) is 5.63. The molecule has 2 atom stereocenters. The number of hydrogen-bond acceptors (Lipinski definition) is 6. The Balaban J connectivity index is 1.43. The lowest BCUT2D eigenvalue weighted by Gasteiger charge is -2.39. The van der Waals surface area contributed by atoms with Gasteiger partial charge in [-0.2, -0.15) is 0 Å². The maximum Gasteiger partial charge on any atom is 0.141 e. The number of nitrogens with zero attached hydrogens (tertiary/aromatic N) is 4. The molecule has 0 radical (unpaired) electrons. The number of likely N-dealkylation sites (tertiary alicyclic amines) is 1. The van der Waals surface area contributed by atoms with Crippen LogP contribution in [0.1, 0.15) is 38.7 Å². The second kappa shape index (κ2) is 8.15. The molecule has 140 valence electrons. The van der Waals surface area contributed by atoms with Gasteiger partial charge < -0.3 is 5.32 Å². The molecule has 0 spiro atoms. The van der Waals surface area contributed by atoms with Gasteiger partial charge in [0.05, 0.1) is 0 Å². The molecule has 3 aromatic heterocycles. The molecule has 0 bridgehead atoms. The van der Waals surface area contributed by atoms with Crippen LogP contribution in [0.3, 0.4) is 0 Å². The Morgan fingerprint density at radius 1 is 1.07 bits per heavy atom. The van der Waals surface area contributed by atoms with Crippen LogP contribution in [0.25, 0.3) is 10.7 Å². The molecule has 4 rings (SSSR count). The van der Waals surface area contributed by atoms with E-state index in [9.17, 15) is 0 Å². The number of aromatic nitrogens is 3. The maximum atomic E-state index is 4.63. The Morgan fingerprint density at radius 3 is 2.63 bits per heavy atom. The standard InChI is InChI=1S/C21H25N5S/c1-15-5-3-6-16(2)26(15)14-17-9-10-19(23-13-17)25-20-8-4-7-18(24-20)21-22-11-12-27-21/h4,7-13,15-16H,3,5-6,14H2,1-2H3,(H,23,24,25). The minimum Gasteiger partial charge on any atom is -0.325 e. The molecular weight excluding hydrogens is 354 g/mol. The Kier molecular flexibility index (Phi) is 5.45. The highest BCUT2D eigenvalue weighted by Crippen LogP contribution is 2.25. The first kappa shape index (κ1) is 18.1. The molecule has 0 aromatic carbocycles. The Morgan fingerprint density at radius 2 is 1.93 bits per heavy atom. The summed E-state index contributed by atoms with van der Waals surface area (Å²) in [5.74, 6) is 1.59. The van der Waals surface area contributed by atoms with Crippen LogP contribution in [-0.4, -0.2) is 31.9 Å². The monoisotopic (exact) mass is 379 g/mol. The van der Waals surface area contributed by atoms with E-state index in [0.717, 1.165) is 28.9 Å². The zero-order valence-corrected chi connectivity index (χ0v) is 16.6. The highest BCUT2D eigenvalue weighted by molar-refractivity contribution is 7.13. The van der Waals surface area contributed by atoms with Crippen LogP contribution in [-0.2, 0) is 6.54 Å². The first-order valence-corrected chi connectivity index (χ1v) is 10.4. The molecule has 0 amide bonds. The van der Waals surface area contributed by atoms with Crippen molar-refractivity contribution in [2.45, 2.75) is 51.7 Å². The molecule has 3 aromatic rings. The summed E-state index contributed by atoms with van der Waals surface area (Å²) in [4.78, 5) is 16.1. The van der Waals surface area contributed by atoms with E-state index in [2.05, 4.69) is 45.1 Å².